The SMILES string of the molecule is O=C(Oc1ccccc1)O[C@H]1C(O)[C@@H](COP(=O)(O)OP(=O)(O)Cc2ccc([N+](=O)[O-])cc2)O[C@H]1n1ccc(=O)[nH]c1=O. The number of benzene rings is 2. The van der Waals surface area contributed by atoms with E-state index in [1.54, 1.807) is 18.2 Å². The number of nitrogens with zero attached hydrogens (tertiary/aromatic N) is 2. The first kappa shape index (κ1) is 31.9. The summed E-state index contributed by atoms with van der Waals surface area (Å²) in [5, 5.41) is 21.6. The van der Waals surface area contributed by atoms with Gasteiger partial charge >= 0.3 is 27.3 Å². The lowest BCUT2D eigenvalue weighted by molar-refractivity contribution is -0.384. The van der Waals surface area contributed by atoms with Gasteiger partial charge in [-0.25, -0.2) is 18.5 Å². The van der Waals surface area contributed by atoms with Gasteiger partial charge in [0.15, 0.2) is 12.3 Å². The van der Waals surface area contributed by atoms with Crippen molar-refractivity contribution in [2.75, 3.05) is 6.61 Å². The number of non-ortho nitro benzene ring substituents is 1. The summed E-state index contributed by atoms with van der Waals surface area (Å²) in [7, 11) is -10.2. The summed E-state index contributed by atoms with van der Waals surface area (Å²) in [6, 6.07) is 13.0. The number of aromatic nitrogens is 2. The quantitative estimate of drug-likeness (QED) is 0.0764. The molecule has 20 heteroatoms. The van der Waals surface area contributed by atoms with Gasteiger partial charge in [-0.2, -0.15) is 0 Å². The molecule has 2 heterocycles. The van der Waals surface area contributed by atoms with Gasteiger partial charge in [0.1, 0.15) is 18.0 Å². The molecule has 4 N–H and O–H groups in total. The summed E-state index contributed by atoms with van der Waals surface area (Å²) < 4.78 is 50.7. The van der Waals surface area contributed by atoms with Crippen LogP contribution in [0.1, 0.15) is 11.8 Å². The largest absolute Gasteiger partial charge is 0.514 e. The monoisotopic (exact) mass is 643 g/mol. The Morgan fingerprint density at radius 2 is 1.74 bits per heavy atom. The number of phosphoric acid groups is 1. The van der Waals surface area contributed by atoms with E-state index in [-0.39, 0.29) is 17.0 Å². The third-order valence-electron chi connectivity index (χ3n) is 5.78. The zero-order valence-electron chi connectivity index (χ0n) is 21.6. The van der Waals surface area contributed by atoms with E-state index in [0.717, 1.165) is 41.1 Å². The predicted molar refractivity (Wildman–Crippen MR) is 142 cm³/mol. The van der Waals surface area contributed by atoms with Gasteiger partial charge in [-0.05, 0) is 17.7 Å². The standard InChI is InChI=1S/C23H23N3O15P2/c27-18-10-11-25(22(29)24-18)21-20(40-23(30)38-16-4-2-1-3-5-16)19(28)17(39-21)12-37-43(35,36)41-42(33,34)13-14-6-8-15(9-7-14)26(31)32/h1-11,17,19-21,28H,12-13H2,(H,33,34)(H,35,36)(H,24,27,29)/t17-,19?,20+,21-/m1/s1. The molecule has 1 aliphatic heterocycles. The smallest absolute Gasteiger partial charge is 0.423 e. The van der Waals surface area contributed by atoms with E-state index < -0.39 is 75.1 Å². The highest BCUT2D eigenvalue weighted by Crippen LogP contribution is 2.61. The molecule has 0 radical (unpaired) electrons. The van der Waals surface area contributed by atoms with E-state index in [1.165, 1.54) is 12.1 Å². The number of aliphatic hydroxyl groups is 1. The molecular formula is C23H23N3O15P2. The predicted octanol–water partition coefficient (Wildman–Crippen LogP) is 1.81. The average Bonchev–Trinajstić information content (AvgIpc) is 3.22. The molecule has 1 saturated heterocycles. The number of nitro benzene ring substituents is 1. The number of rotatable bonds is 11. The summed E-state index contributed by atoms with van der Waals surface area (Å²) in [5.41, 5.74) is -2.00. The fourth-order valence-corrected chi connectivity index (χ4v) is 6.61. The Hall–Kier alpha value is -3.99. The molecule has 3 aromatic rings. The van der Waals surface area contributed by atoms with E-state index in [0.29, 0.717) is 0 Å². The first-order valence-electron chi connectivity index (χ1n) is 12.1. The molecule has 2 aromatic carbocycles. The number of nitrogens with one attached hydrogen (secondary N) is 1. The normalized spacial score (nSPS) is 22.7. The zero-order valence-corrected chi connectivity index (χ0v) is 23.4. The maximum atomic E-state index is 12.5. The van der Waals surface area contributed by atoms with Gasteiger partial charge in [-0.3, -0.25) is 33.5 Å². The van der Waals surface area contributed by atoms with Crippen molar-refractivity contribution in [2.45, 2.75) is 30.7 Å². The van der Waals surface area contributed by atoms with E-state index in [4.69, 9.17) is 18.7 Å². The first-order valence-corrected chi connectivity index (χ1v) is 15.3. The highest BCUT2D eigenvalue weighted by molar-refractivity contribution is 7.63. The molecule has 0 spiro atoms. The minimum atomic E-state index is -5.32. The first-order chi connectivity index (χ1) is 20.2. The fourth-order valence-electron chi connectivity index (χ4n) is 3.89. The molecule has 0 bridgehead atoms. The van der Waals surface area contributed by atoms with Crippen molar-refractivity contribution in [3.63, 3.8) is 0 Å². The minimum absolute atomic E-state index is 0.0718. The van der Waals surface area contributed by atoms with Crippen LogP contribution in [0, 0.1) is 10.1 Å². The van der Waals surface area contributed by atoms with Crippen molar-refractivity contribution < 1.29 is 56.8 Å². The van der Waals surface area contributed by atoms with Gasteiger partial charge < -0.3 is 29.1 Å². The third kappa shape index (κ3) is 8.53. The van der Waals surface area contributed by atoms with Crippen LogP contribution in [-0.4, -0.2) is 60.4 Å². The Morgan fingerprint density at radius 1 is 1.07 bits per heavy atom. The molecule has 1 aliphatic rings. The lowest BCUT2D eigenvalue weighted by atomic mass is 10.1. The molecule has 43 heavy (non-hydrogen) atoms. The maximum Gasteiger partial charge on any atom is 0.514 e. The van der Waals surface area contributed by atoms with Crippen LogP contribution in [-0.2, 0) is 33.6 Å². The second-order valence-electron chi connectivity index (χ2n) is 8.89. The Balaban J connectivity index is 1.45. The van der Waals surface area contributed by atoms with Crippen LogP contribution in [0.5, 0.6) is 5.75 Å². The molecule has 6 atom stereocenters. The van der Waals surface area contributed by atoms with Gasteiger partial charge in [-0.15, -0.1) is 0 Å². The van der Waals surface area contributed by atoms with Crippen LogP contribution < -0.4 is 16.0 Å². The van der Waals surface area contributed by atoms with E-state index in [9.17, 15) is 48.5 Å². The summed E-state index contributed by atoms with van der Waals surface area (Å²) in [6.45, 7) is -0.978. The number of phosphoric ester groups is 1. The number of carbonyl (C=O) groups excluding carboxylic acids is 1. The van der Waals surface area contributed by atoms with Crippen LogP contribution in [0.25, 0.3) is 0 Å². The Kier molecular flexibility index (Phi) is 9.74. The molecule has 0 saturated carbocycles. The van der Waals surface area contributed by atoms with E-state index >= 15 is 0 Å². The Morgan fingerprint density at radius 3 is 2.37 bits per heavy atom. The molecular weight excluding hydrogens is 620 g/mol. The summed E-state index contributed by atoms with van der Waals surface area (Å²) in [6.07, 6.45) is -7.83. The highest BCUT2D eigenvalue weighted by atomic mass is 31.3. The number of aromatic amines is 1. The summed E-state index contributed by atoms with van der Waals surface area (Å²) >= 11 is 0. The van der Waals surface area contributed by atoms with Crippen molar-refractivity contribution in [1.82, 2.24) is 9.55 Å². The fraction of sp³-hybridized carbons (Fsp3) is 0.261. The average molecular weight is 643 g/mol. The number of H-pyrrole nitrogens is 1. The van der Waals surface area contributed by atoms with Crippen molar-refractivity contribution >= 4 is 27.3 Å². The maximum absolute atomic E-state index is 12.5. The summed E-state index contributed by atoms with van der Waals surface area (Å²) in [5.74, 6) is 0.0825. The number of aliphatic hydroxyl groups excluding tert-OH is 1. The number of ether oxygens (including phenoxy) is 3. The molecule has 0 aliphatic carbocycles. The topological polar surface area (TPSA) is 256 Å². The minimum Gasteiger partial charge on any atom is -0.423 e. The number of para-hydroxylation sites is 1. The van der Waals surface area contributed by atoms with E-state index in [2.05, 4.69) is 4.31 Å². The Bertz CT molecular complexity index is 1680. The second-order valence-corrected chi connectivity index (χ2v) is 12.3. The van der Waals surface area contributed by atoms with Crippen LogP contribution in [0.3, 0.4) is 0 Å². The lowest BCUT2D eigenvalue weighted by Crippen LogP contribution is -2.41. The molecule has 3 unspecified atom stereocenters. The molecule has 1 fully saturated rings. The lowest BCUT2D eigenvalue weighted by Gasteiger charge is -2.21. The summed E-state index contributed by atoms with van der Waals surface area (Å²) in [4.78, 5) is 68.5. The number of hydrogen-bond acceptors (Lipinski definition) is 13. The van der Waals surface area contributed by atoms with Crippen LogP contribution in [0.4, 0.5) is 10.5 Å². The third-order valence-corrected chi connectivity index (χ3v) is 8.86. The number of nitro groups is 1. The van der Waals surface area contributed by atoms with Gasteiger partial charge in [0, 0.05) is 24.4 Å². The van der Waals surface area contributed by atoms with Crippen molar-refractivity contribution in [3.8, 4) is 5.75 Å². The van der Waals surface area contributed by atoms with Gasteiger partial charge in [0.2, 0.25) is 0 Å². The molecule has 18 nitrogen and oxygen atoms in total. The van der Waals surface area contributed by atoms with Crippen LogP contribution >= 0.6 is 15.4 Å². The van der Waals surface area contributed by atoms with Gasteiger partial charge in [0.25, 0.3) is 11.2 Å². The van der Waals surface area contributed by atoms with Crippen molar-refractivity contribution in [3.05, 3.63) is 103 Å². The van der Waals surface area contributed by atoms with Crippen LogP contribution in [0.2, 0.25) is 0 Å². The molecule has 4 rings (SSSR count). The van der Waals surface area contributed by atoms with Crippen LogP contribution in [0.15, 0.2) is 76.4 Å². The van der Waals surface area contributed by atoms with Gasteiger partial charge in [-0.1, -0.05) is 30.3 Å². The number of carbonyl (C=O) groups is 1. The van der Waals surface area contributed by atoms with E-state index in [1.807, 2.05) is 4.98 Å². The molecule has 1 aromatic heterocycles. The van der Waals surface area contributed by atoms with Crippen molar-refractivity contribution in [1.29, 1.82) is 0 Å². The number of hydrogen-bond donors (Lipinski definition) is 4. The molecule has 0 amide bonds. The second kappa shape index (κ2) is 13.1. The zero-order chi connectivity index (χ0) is 31.4. The Labute approximate surface area is 240 Å². The van der Waals surface area contributed by atoms with Crippen molar-refractivity contribution in [2.24, 2.45) is 0 Å². The highest BCUT2D eigenvalue weighted by Gasteiger charge is 2.49. The molecule has 230 valence electrons. The van der Waals surface area contributed by atoms with Gasteiger partial charge in [0.05, 0.1) is 17.7 Å².